The molecule has 0 bridgehead atoms. The Bertz CT molecular complexity index is 1250. The Labute approximate surface area is 178 Å². The number of para-hydroxylation sites is 1. The van der Waals surface area contributed by atoms with Crippen molar-refractivity contribution >= 4 is 16.7 Å². The van der Waals surface area contributed by atoms with Gasteiger partial charge in [-0.3, -0.25) is 9.59 Å². The molecular formula is C23H22N4O4. The lowest BCUT2D eigenvalue weighted by Crippen LogP contribution is -2.31. The Morgan fingerprint density at radius 3 is 2.58 bits per heavy atom. The molecule has 0 fully saturated rings. The molecular weight excluding hydrogens is 396 g/mol. The average molecular weight is 418 g/mol. The van der Waals surface area contributed by atoms with Crippen molar-refractivity contribution in [1.29, 1.82) is 0 Å². The molecule has 158 valence electrons. The number of hydrogen-bond donors (Lipinski definition) is 1. The molecule has 31 heavy (non-hydrogen) atoms. The quantitative estimate of drug-likeness (QED) is 0.442. The second-order valence-corrected chi connectivity index (χ2v) is 7.11. The fourth-order valence-electron chi connectivity index (χ4n) is 3.18. The molecule has 0 aliphatic heterocycles. The Hall–Kier alpha value is -3.78. The highest BCUT2D eigenvalue weighted by Crippen LogP contribution is 2.14. The van der Waals surface area contributed by atoms with Gasteiger partial charge in [0.05, 0.1) is 18.4 Å². The first-order valence-electron chi connectivity index (χ1n) is 10.00. The molecule has 2 heterocycles. The molecule has 0 aliphatic carbocycles. The topological polar surface area (TPSA) is 99.2 Å². The molecule has 4 rings (SSSR count). The average Bonchev–Trinajstić information content (AvgIpc) is 3.25. The summed E-state index contributed by atoms with van der Waals surface area (Å²) in [5.41, 5.74) is 1.36. The van der Waals surface area contributed by atoms with Crippen LogP contribution in [0.2, 0.25) is 0 Å². The van der Waals surface area contributed by atoms with Crippen LogP contribution in [0.3, 0.4) is 0 Å². The third kappa shape index (κ3) is 4.54. The maximum Gasteiger partial charge on any atom is 0.295 e. The first-order valence-corrected chi connectivity index (χ1v) is 10.00. The number of benzene rings is 2. The number of aliphatic hydroxyl groups is 1. The molecule has 2 aromatic heterocycles. The lowest BCUT2D eigenvalue weighted by atomic mass is 10.1. The molecule has 0 saturated heterocycles. The molecule has 0 amide bonds. The van der Waals surface area contributed by atoms with Gasteiger partial charge >= 0.3 is 0 Å². The van der Waals surface area contributed by atoms with Gasteiger partial charge < -0.3 is 9.84 Å². The predicted octanol–water partition coefficient (Wildman–Crippen LogP) is 2.61. The monoisotopic (exact) mass is 418 g/mol. The highest BCUT2D eigenvalue weighted by molar-refractivity contribution is 5.95. The number of carbonyl (C=O) groups excluding carboxylic acids is 1. The smallest absolute Gasteiger partial charge is 0.295 e. The Morgan fingerprint density at radius 2 is 1.87 bits per heavy atom. The van der Waals surface area contributed by atoms with Crippen molar-refractivity contribution in [2.24, 2.45) is 0 Å². The van der Waals surface area contributed by atoms with Crippen LogP contribution in [-0.4, -0.2) is 43.2 Å². The number of rotatable bonds is 8. The van der Waals surface area contributed by atoms with Crippen molar-refractivity contribution in [3.63, 3.8) is 0 Å². The number of aliphatic hydroxyl groups excluding tert-OH is 1. The van der Waals surface area contributed by atoms with E-state index in [0.29, 0.717) is 23.1 Å². The lowest BCUT2D eigenvalue weighted by molar-refractivity contribution is 0.0880. The minimum absolute atomic E-state index is 0.0221. The summed E-state index contributed by atoms with van der Waals surface area (Å²) in [5.74, 6) is 0.589. The number of hydrogen-bond acceptors (Lipinski definition) is 6. The molecule has 0 radical (unpaired) electrons. The van der Waals surface area contributed by atoms with Gasteiger partial charge in [-0.1, -0.05) is 25.1 Å². The number of nitrogens with zero attached hydrogens (tertiary/aromatic N) is 4. The van der Waals surface area contributed by atoms with Gasteiger partial charge in [-0.25, -0.2) is 9.36 Å². The van der Waals surface area contributed by atoms with Crippen LogP contribution in [0.4, 0.5) is 0 Å². The zero-order valence-electron chi connectivity index (χ0n) is 17.0. The highest BCUT2D eigenvalue weighted by atomic mass is 16.5. The Morgan fingerprint density at radius 1 is 1.13 bits per heavy atom. The van der Waals surface area contributed by atoms with Crippen molar-refractivity contribution in [2.45, 2.75) is 26.0 Å². The number of Topliss-reactive ketones (excluding diaryl/α,β-unsaturated/α-hetero) is 1. The van der Waals surface area contributed by atoms with E-state index in [4.69, 9.17) is 4.74 Å². The van der Waals surface area contributed by atoms with E-state index in [1.807, 2.05) is 37.3 Å². The predicted molar refractivity (Wildman–Crippen MR) is 116 cm³/mol. The summed E-state index contributed by atoms with van der Waals surface area (Å²) in [7, 11) is 0. The van der Waals surface area contributed by atoms with E-state index < -0.39 is 6.10 Å². The van der Waals surface area contributed by atoms with E-state index in [0.717, 1.165) is 5.69 Å². The molecule has 8 heteroatoms. The Kier molecular flexibility index (Phi) is 5.90. The fourth-order valence-corrected chi connectivity index (χ4v) is 3.18. The number of ketones is 1. The first kappa shape index (κ1) is 20.5. The van der Waals surface area contributed by atoms with Crippen LogP contribution in [0.25, 0.3) is 16.6 Å². The van der Waals surface area contributed by atoms with Crippen molar-refractivity contribution in [1.82, 2.24) is 19.6 Å². The first-order chi connectivity index (χ1) is 15.0. The minimum Gasteiger partial charge on any atom is -0.491 e. The summed E-state index contributed by atoms with van der Waals surface area (Å²) in [4.78, 5) is 24.4. The van der Waals surface area contributed by atoms with Gasteiger partial charge in [0.1, 0.15) is 18.5 Å². The zero-order chi connectivity index (χ0) is 21.8. The molecule has 2 aromatic carbocycles. The molecule has 1 unspecified atom stereocenters. The number of aromatic nitrogens is 4. The van der Waals surface area contributed by atoms with Crippen LogP contribution >= 0.6 is 0 Å². The van der Waals surface area contributed by atoms with E-state index in [2.05, 4.69) is 10.2 Å². The van der Waals surface area contributed by atoms with E-state index in [-0.39, 0.29) is 30.0 Å². The summed E-state index contributed by atoms with van der Waals surface area (Å²) >= 11 is 0. The van der Waals surface area contributed by atoms with Crippen LogP contribution in [0.5, 0.6) is 5.75 Å². The standard InChI is InChI=1S/C23H22N4O4/c1-2-21(29)16-8-10-20(11-9-16)31-15-19(28)14-27-23(30)22-17(12-24-27)13-26(25-22)18-6-4-3-5-7-18/h3-13,19,28H,2,14-15H2,1H3. The van der Waals surface area contributed by atoms with Gasteiger partial charge in [0.25, 0.3) is 5.56 Å². The van der Waals surface area contributed by atoms with Gasteiger partial charge in [0, 0.05) is 23.6 Å². The van der Waals surface area contributed by atoms with E-state index in [9.17, 15) is 14.7 Å². The molecule has 1 N–H and O–H groups in total. The summed E-state index contributed by atoms with van der Waals surface area (Å²) in [5, 5.41) is 19.5. The van der Waals surface area contributed by atoms with Crippen molar-refractivity contribution in [3.8, 4) is 11.4 Å². The normalized spacial score (nSPS) is 12.1. The van der Waals surface area contributed by atoms with Gasteiger partial charge in [0.2, 0.25) is 0 Å². The van der Waals surface area contributed by atoms with Crippen LogP contribution in [0.1, 0.15) is 23.7 Å². The largest absolute Gasteiger partial charge is 0.491 e. The minimum atomic E-state index is -0.948. The molecule has 1 atom stereocenters. The third-order valence-corrected chi connectivity index (χ3v) is 4.86. The van der Waals surface area contributed by atoms with E-state index in [1.54, 1.807) is 41.3 Å². The van der Waals surface area contributed by atoms with Crippen LogP contribution in [-0.2, 0) is 6.54 Å². The number of carbonyl (C=O) groups is 1. The van der Waals surface area contributed by atoms with Gasteiger partial charge in [0.15, 0.2) is 11.3 Å². The summed E-state index contributed by atoms with van der Waals surface area (Å²) in [6, 6.07) is 16.2. The summed E-state index contributed by atoms with van der Waals surface area (Å²) in [6.07, 6.45) is 2.79. The molecule has 4 aromatic rings. The summed E-state index contributed by atoms with van der Waals surface area (Å²) in [6.45, 7) is 1.76. The van der Waals surface area contributed by atoms with Gasteiger partial charge in [-0.2, -0.15) is 10.2 Å². The Balaban J connectivity index is 1.43. The van der Waals surface area contributed by atoms with Gasteiger partial charge in [-0.15, -0.1) is 0 Å². The van der Waals surface area contributed by atoms with Crippen molar-refractivity contribution < 1.29 is 14.6 Å². The SMILES string of the molecule is CCC(=O)c1ccc(OCC(O)Cn2ncc3cn(-c4ccccc4)nc3c2=O)cc1. The number of fused-ring (bicyclic) bond motifs is 1. The fraction of sp³-hybridized carbons (Fsp3) is 0.217. The maximum atomic E-state index is 12.8. The molecule has 0 aliphatic rings. The van der Waals surface area contributed by atoms with Crippen molar-refractivity contribution in [2.75, 3.05) is 6.61 Å². The van der Waals surface area contributed by atoms with Crippen LogP contribution in [0.15, 0.2) is 71.8 Å². The zero-order valence-corrected chi connectivity index (χ0v) is 17.0. The van der Waals surface area contributed by atoms with Crippen LogP contribution in [0, 0.1) is 0 Å². The second-order valence-electron chi connectivity index (χ2n) is 7.11. The second kappa shape index (κ2) is 8.93. The molecule has 0 saturated carbocycles. The highest BCUT2D eigenvalue weighted by Gasteiger charge is 2.14. The van der Waals surface area contributed by atoms with E-state index in [1.165, 1.54) is 4.68 Å². The lowest BCUT2D eigenvalue weighted by Gasteiger charge is -2.13. The van der Waals surface area contributed by atoms with Crippen molar-refractivity contribution in [3.05, 3.63) is 82.9 Å². The van der Waals surface area contributed by atoms with Gasteiger partial charge in [-0.05, 0) is 36.4 Å². The summed E-state index contributed by atoms with van der Waals surface area (Å²) < 4.78 is 8.39. The third-order valence-electron chi connectivity index (χ3n) is 4.86. The van der Waals surface area contributed by atoms with Crippen LogP contribution < -0.4 is 10.3 Å². The maximum absolute atomic E-state index is 12.8. The van der Waals surface area contributed by atoms with E-state index >= 15 is 0 Å². The number of ether oxygens (including phenoxy) is 1. The molecule has 0 spiro atoms. The molecule has 8 nitrogen and oxygen atoms in total.